The monoisotopic (exact) mass is 258 g/mol. The first-order valence-electron chi connectivity index (χ1n) is 5.88. The first-order valence-corrected chi connectivity index (χ1v) is 6.26. The van der Waals surface area contributed by atoms with E-state index in [4.69, 9.17) is 11.6 Å². The molecule has 4 heteroatoms. The average Bonchev–Trinajstić information content (AvgIpc) is 2.32. The molecular weight excluding hydrogens is 243 g/mol. The quantitative estimate of drug-likeness (QED) is 0.855. The minimum atomic E-state index is -1.17. The lowest BCUT2D eigenvalue weighted by Gasteiger charge is -2.36. The van der Waals surface area contributed by atoms with E-state index >= 15 is 0 Å². The van der Waals surface area contributed by atoms with E-state index in [1.165, 1.54) is 18.2 Å². The van der Waals surface area contributed by atoms with E-state index in [1.807, 2.05) is 0 Å². The Labute approximate surface area is 105 Å². The lowest BCUT2D eigenvalue weighted by Crippen LogP contribution is -2.38. The highest BCUT2D eigenvalue weighted by Crippen LogP contribution is 2.40. The van der Waals surface area contributed by atoms with Crippen LogP contribution < -0.4 is 0 Å². The Balaban J connectivity index is 2.29. The van der Waals surface area contributed by atoms with Crippen LogP contribution in [0.4, 0.5) is 4.39 Å². The third kappa shape index (κ3) is 2.62. The van der Waals surface area contributed by atoms with Gasteiger partial charge in [0.05, 0.1) is 5.60 Å². The summed E-state index contributed by atoms with van der Waals surface area (Å²) in [5.74, 6) is -0.456. The standard InChI is InChI=1S/C13H16ClFO2/c14-11-5-4-9(15)8-10(11)12(16)13(17)6-2-1-3-7-13/h4-5,8,12,16-17H,1-3,6-7H2. The van der Waals surface area contributed by atoms with Gasteiger partial charge in [0.15, 0.2) is 0 Å². The molecule has 2 N–H and O–H groups in total. The van der Waals surface area contributed by atoms with Gasteiger partial charge in [-0.05, 0) is 31.0 Å². The molecule has 2 nitrogen and oxygen atoms in total. The van der Waals surface area contributed by atoms with Crippen LogP contribution in [-0.2, 0) is 0 Å². The minimum Gasteiger partial charge on any atom is -0.387 e. The maximum Gasteiger partial charge on any atom is 0.123 e. The highest BCUT2D eigenvalue weighted by molar-refractivity contribution is 6.31. The second-order valence-electron chi connectivity index (χ2n) is 4.73. The van der Waals surface area contributed by atoms with Gasteiger partial charge in [0, 0.05) is 10.6 Å². The van der Waals surface area contributed by atoms with E-state index in [9.17, 15) is 14.6 Å². The molecule has 1 atom stereocenters. The smallest absolute Gasteiger partial charge is 0.123 e. The summed E-state index contributed by atoms with van der Waals surface area (Å²) < 4.78 is 13.1. The third-order valence-corrected chi connectivity index (χ3v) is 3.83. The van der Waals surface area contributed by atoms with Crippen molar-refractivity contribution in [2.45, 2.75) is 43.8 Å². The fourth-order valence-electron chi connectivity index (χ4n) is 2.45. The van der Waals surface area contributed by atoms with Gasteiger partial charge in [-0.15, -0.1) is 0 Å². The Morgan fingerprint density at radius 1 is 1.24 bits per heavy atom. The van der Waals surface area contributed by atoms with E-state index in [-0.39, 0.29) is 10.6 Å². The van der Waals surface area contributed by atoms with Crippen molar-refractivity contribution in [3.63, 3.8) is 0 Å². The molecule has 0 aliphatic heterocycles. The Hall–Kier alpha value is -0.640. The molecule has 0 aromatic heterocycles. The van der Waals surface area contributed by atoms with Crippen molar-refractivity contribution in [1.29, 1.82) is 0 Å². The molecule has 1 aliphatic carbocycles. The van der Waals surface area contributed by atoms with Gasteiger partial charge in [-0.25, -0.2) is 4.39 Å². The molecule has 0 heterocycles. The molecule has 1 aromatic carbocycles. The molecule has 0 saturated heterocycles. The van der Waals surface area contributed by atoms with E-state index in [1.54, 1.807) is 0 Å². The normalized spacial score (nSPS) is 21.2. The molecule has 0 bridgehead atoms. The molecule has 94 valence electrons. The first kappa shape index (κ1) is 12.8. The molecule has 17 heavy (non-hydrogen) atoms. The highest BCUT2D eigenvalue weighted by atomic mass is 35.5. The zero-order valence-corrected chi connectivity index (χ0v) is 10.3. The topological polar surface area (TPSA) is 40.5 Å². The lowest BCUT2D eigenvalue weighted by atomic mass is 9.78. The molecular formula is C13H16ClFO2. The van der Waals surface area contributed by atoms with Crippen molar-refractivity contribution in [2.24, 2.45) is 0 Å². The Bertz CT molecular complexity index is 402. The molecule has 1 fully saturated rings. The predicted molar refractivity (Wildman–Crippen MR) is 64.4 cm³/mol. The zero-order chi connectivity index (χ0) is 12.5. The van der Waals surface area contributed by atoms with Crippen LogP contribution in [0.5, 0.6) is 0 Å². The van der Waals surface area contributed by atoms with Crippen molar-refractivity contribution in [2.75, 3.05) is 0 Å². The fourth-order valence-corrected chi connectivity index (χ4v) is 2.67. The van der Waals surface area contributed by atoms with Crippen LogP contribution in [0.25, 0.3) is 0 Å². The number of benzene rings is 1. The second kappa shape index (κ2) is 4.92. The molecule has 0 amide bonds. The van der Waals surface area contributed by atoms with Gasteiger partial charge in [-0.1, -0.05) is 30.9 Å². The van der Waals surface area contributed by atoms with Crippen molar-refractivity contribution >= 4 is 11.6 Å². The van der Waals surface area contributed by atoms with E-state index in [0.29, 0.717) is 12.8 Å². The van der Waals surface area contributed by atoms with Crippen LogP contribution in [-0.4, -0.2) is 15.8 Å². The maximum atomic E-state index is 13.1. The van der Waals surface area contributed by atoms with Crippen LogP contribution in [0.1, 0.15) is 43.8 Å². The molecule has 0 spiro atoms. The molecule has 2 rings (SSSR count). The summed E-state index contributed by atoms with van der Waals surface area (Å²) in [5.41, 5.74) is -0.897. The van der Waals surface area contributed by atoms with Crippen LogP contribution in [0.3, 0.4) is 0 Å². The van der Waals surface area contributed by atoms with E-state index < -0.39 is 17.5 Å². The molecule has 1 aromatic rings. The summed E-state index contributed by atoms with van der Waals surface area (Å²) in [7, 11) is 0. The Kier molecular flexibility index (Phi) is 3.71. The van der Waals surface area contributed by atoms with Crippen LogP contribution >= 0.6 is 11.6 Å². The number of aliphatic hydroxyl groups excluding tert-OH is 1. The van der Waals surface area contributed by atoms with Crippen LogP contribution in [0.15, 0.2) is 18.2 Å². The Morgan fingerprint density at radius 2 is 1.88 bits per heavy atom. The average molecular weight is 259 g/mol. The number of aliphatic hydroxyl groups is 2. The van der Waals surface area contributed by atoms with Gasteiger partial charge in [0.25, 0.3) is 0 Å². The summed E-state index contributed by atoms with van der Waals surface area (Å²) >= 11 is 5.93. The van der Waals surface area contributed by atoms with Gasteiger partial charge >= 0.3 is 0 Å². The number of rotatable bonds is 2. The second-order valence-corrected chi connectivity index (χ2v) is 5.14. The van der Waals surface area contributed by atoms with Crippen LogP contribution in [0, 0.1) is 5.82 Å². The highest BCUT2D eigenvalue weighted by Gasteiger charge is 2.38. The fraction of sp³-hybridized carbons (Fsp3) is 0.538. The molecule has 1 aliphatic rings. The van der Waals surface area contributed by atoms with Crippen molar-refractivity contribution in [3.05, 3.63) is 34.6 Å². The van der Waals surface area contributed by atoms with Gasteiger partial charge in [0.1, 0.15) is 11.9 Å². The number of halogens is 2. The Morgan fingerprint density at radius 3 is 2.53 bits per heavy atom. The van der Waals surface area contributed by atoms with E-state index in [0.717, 1.165) is 19.3 Å². The van der Waals surface area contributed by atoms with Gasteiger partial charge in [-0.3, -0.25) is 0 Å². The minimum absolute atomic E-state index is 0.274. The van der Waals surface area contributed by atoms with Gasteiger partial charge < -0.3 is 10.2 Å². The summed E-state index contributed by atoms with van der Waals surface area (Å²) in [6.07, 6.45) is 2.75. The number of hydrogen-bond acceptors (Lipinski definition) is 2. The zero-order valence-electron chi connectivity index (χ0n) is 9.50. The lowest BCUT2D eigenvalue weighted by molar-refractivity contribution is -0.0992. The van der Waals surface area contributed by atoms with Crippen molar-refractivity contribution in [3.8, 4) is 0 Å². The summed E-state index contributed by atoms with van der Waals surface area (Å²) in [6, 6.07) is 3.84. The van der Waals surface area contributed by atoms with Crippen molar-refractivity contribution < 1.29 is 14.6 Å². The molecule has 1 saturated carbocycles. The van der Waals surface area contributed by atoms with Gasteiger partial charge in [0.2, 0.25) is 0 Å². The summed E-state index contributed by atoms with van der Waals surface area (Å²) in [6.45, 7) is 0. The SMILES string of the molecule is OC(c1cc(F)ccc1Cl)C1(O)CCCCC1. The third-order valence-electron chi connectivity index (χ3n) is 3.48. The number of hydrogen-bond donors (Lipinski definition) is 2. The largest absolute Gasteiger partial charge is 0.387 e. The molecule has 0 radical (unpaired) electrons. The summed E-state index contributed by atoms with van der Waals surface area (Å²) in [5, 5.41) is 20.9. The first-order chi connectivity index (χ1) is 8.03. The predicted octanol–water partition coefficient (Wildman–Crippen LogP) is 3.21. The summed E-state index contributed by atoms with van der Waals surface area (Å²) in [4.78, 5) is 0. The van der Waals surface area contributed by atoms with Crippen molar-refractivity contribution in [1.82, 2.24) is 0 Å². The van der Waals surface area contributed by atoms with E-state index in [2.05, 4.69) is 0 Å². The molecule has 1 unspecified atom stereocenters. The maximum absolute atomic E-state index is 13.1. The van der Waals surface area contributed by atoms with Gasteiger partial charge in [-0.2, -0.15) is 0 Å². The van der Waals surface area contributed by atoms with Crippen LogP contribution in [0.2, 0.25) is 5.02 Å².